The SMILES string of the molecule is O=C(OCC(=O)N1CCN(c2ccccn2)CC1)C1CC(c2cccc(F)c2)=NO1. The van der Waals surface area contributed by atoms with Gasteiger partial charge >= 0.3 is 5.97 Å². The van der Waals surface area contributed by atoms with Crippen molar-refractivity contribution in [2.75, 3.05) is 37.7 Å². The van der Waals surface area contributed by atoms with E-state index in [-0.39, 0.29) is 18.9 Å². The van der Waals surface area contributed by atoms with E-state index in [1.165, 1.54) is 12.1 Å². The van der Waals surface area contributed by atoms with Gasteiger partial charge in [0, 0.05) is 44.4 Å². The molecular formula is C21H21FN4O4. The molecule has 0 aliphatic carbocycles. The normalized spacial score (nSPS) is 18.6. The summed E-state index contributed by atoms with van der Waals surface area (Å²) in [7, 11) is 0. The number of amides is 1. The van der Waals surface area contributed by atoms with Gasteiger partial charge in [0.2, 0.25) is 6.10 Å². The number of hydrogen-bond acceptors (Lipinski definition) is 7. The van der Waals surface area contributed by atoms with Crippen LogP contribution in [0.1, 0.15) is 12.0 Å². The van der Waals surface area contributed by atoms with E-state index in [1.54, 1.807) is 23.2 Å². The Bertz CT molecular complexity index is 945. The molecule has 9 heteroatoms. The van der Waals surface area contributed by atoms with Gasteiger partial charge in [0.15, 0.2) is 6.61 Å². The number of benzene rings is 1. The number of halogens is 1. The summed E-state index contributed by atoms with van der Waals surface area (Å²) < 4.78 is 18.5. The van der Waals surface area contributed by atoms with Crippen LogP contribution in [0, 0.1) is 5.82 Å². The predicted octanol–water partition coefficient (Wildman–Crippen LogP) is 1.61. The van der Waals surface area contributed by atoms with E-state index in [0.29, 0.717) is 37.5 Å². The van der Waals surface area contributed by atoms with Crippen molar-refractivity contribution >= 4 is 23.4 Å². The van der Waals surface area contributed by atoms with Crippen LogP contribution in [0.5, 0.6) is 0 Å². The molecule has 1 fully saturated rings. The van der Waals surface area contributed by atoms with Crippen molar-refractivity contribution in [1.82, 2.24) is 9.88 Å². The van der Waals surface area contributed by atoms with Crippen molar-refractivity contribution in [1.29, 1.82) is 0 Å². The molecule has 2 aliphatic rings. The van der Waals surface area contributed by atoms with Gasteiger partial charge in [-0.15, -0.1) is 0 Å². The van der Waals surface area contributed by atoms with E-state index in [1.807, 2.05) is 18.2 Å². The van der Waals surface area contributed by atoms with Gasteiger partial charge in [-0.2, -0.15) is 0 Å². The number of pyridine rings is 1. The zero-order chi connectivity index (χ0) is 20.9. The maximum absolute atomic E-state index is 13.3. The van der Waals surface area contributed by atoms with Gasteiger partial charge < -0.3 is 19.4 Å². The summed E-state index contributed by atoms with van der Waals surface area (Å²) in [4.78, 5) is 37.8. The highest BCUT2D eigenvalue weighted by molar-refractivity contribution is 6.03. The van der Waals surface area contributed by atoms with E-state index in [0.717, 1.165) is 5.82 Å². The minimum atomic E-state index is -0.933. The average Bonchev–Trinajstić information content (AvgIpc) is 3.28. The molecule has 1 amide bonds. The summed E-state index contributed by atoms with van der Waals surface area (Å²) in [5.74, 6) is -0.433. The second-order valence-corrected chi connectivity index (χ2v) is 7.01. The molecule has 1 aromatic carbocycles. The standard InChI is InChI=1S/C21H21FN4O4/c22-16-5-3-4-15(12-16)17-13-18(30-24-17)21(28)29-14-20(27)26-10-8-25(9-11-26)19-6-1-2-7-23-19/h1-7,12,18H,8-11,13-14H2. The highest BCUT2D eigenvalue weighted by Gasteiger charge is 2.31. The number of carbonyl (C=O) groups excluding carboxylic acids is 2. The van der Waals surface area contributed by atoms with Crippen molar-refractivity contribution in [2.24, 2.45) is 5.16 Å². The number of rotatable bonds is 5. The van der Waals surface area contributed by atoms with Crippen molar-refractivity contribution in [2.45, 2.75) is 12.5 Å². The van der Waals surface area contributed by atoms with Crippen LogP contribution in [0.3, 0.4) is 0 Å². The lowest BCUT2D eigenvalue weighted by Gasteiger charge is -2.35. The third-order valence-corrected chi connectivity index (χ3v) is 5.03. The molecule has 3 heterocycles. The van der Waals surface area contributed by atoms with Gasteiger partial charge in [-0.05, 0) is 24.3 Å². The van der Waals surface area contributed by atoms with Crippen LogP contribution < -0.4 is 4.90 Å². The van der Waals surface area contributed by atoms with Crippen LogP contribution in [0.25, 0.3) is 0 Å². The van der Waals surface area contributed by atoms with Gasteiger partial charge in [-0.3, -0.25) is 4.79 Å². The minimum absolute atomic E-state index is 0.166. The molecule has 1 saturated heterocycles. The largest absolute Gasteiger partial charge is 0.453 e. The number of oxime groups is 1. The number of aromatic nitrogens is 1. The number of esters is 1. The van der Waals surface area contributed by atoms with Gasteiger partial charge in [-0.1, -0.05) is 23.4 Å². The van der Waals surface area contributed by atoms with E-state index < -0.39 is 17.9 Å². The van der Waals surface area contributed by atoms with Crippen LogP contribution in [-0.4, -0.2) is 66.4 Å². The lowest BCUT2D eigenvalue weighted by Crippen LogP contribution is -2.50. The average molecular weight is 412 g/mol. The zero-order valence-electron chi connectivity index (χ0n) is 16.2. The molecule has 1 unspecified atom stereocenters. The summed E-state index contributed by atoms with van der Waals surface area (Å²) >= 11 is 0. The van der Waals surface area contributed by atoms with Crippen LogP contribution >= 0.6 is 0 Å². The molecule has 1 atom stereocenters. The molecule has 0 bridgehead atoms. The fourth-order valence-corrected chi connectivity index (χ4v) is 3.39. The summed E-state index contributed by atoms with van der Waals surface area (Å²) in [6.07, 6.45) is 0.970. The van der Waals surface area contributed by atoms with Crippen LogP contribution in [-0.2, 0) is 19.2 Å². The fraction of sp³-hybridized carbons (Fsp3) is 0.333. The smallest absolute Gasteiger partial charge is 0.351 e. The Balaban J connectivity index is 1.22. The maximum atomic E-state index is 13.3. The Morgan fingerprint density at radius 2 is 1.97 bits per heavy atom. The predicted molar refractivity (Wildman–Crippen MR) is 106 cm³/mol. The minimum Gasteiger partial charge on any atom is -0.453 e. The van der Waals surface area contributed by atoms with Gasteiger partial charge in [0.25, 0.3) is 5.91 Å². The first-order valence-corrected chi connectivity index (χ1v) is 9.69. The first-order chi connectivity index (χ1) is 14.6. The number of piperazine rings is 1. The first kappa shape index (κ1) is 19.8. The molecule has 156 valence electrons. The molecule has 4 rings (SSSR count). The second-order valence-electron chi connectivity index (χ2n) is 7.01. The van der Waals surface area contributed by atoms with Crippen molar-refractivity contribution in [3.63, 3.8) is 0 Å². The van der Waals surface area contributed by atoms with Crippen LogP contribution in [0.15, 0.2) is 53.8 Å². The quantitative estimate of drug-likeness (QED) is 0.694. The first-order valence-electron chi connectivity index (χ1n) is 9.69. The Labute approximate surface area is 172 Å². The van der Waals surface area contributed by atoms with E-state index >= 15 is 0 Å². The Hall–Kier alpha value is -3.49. The monoisotopic (exact) mass is 412 g/mol. The molecule has 0 spiro atoms. The van der Waals surface area contributed by atoms with Gasteiger partial charge in [0.05, 0.1) is 5.71 Å². The third-order valence-electron chi connectivity index (χ3n) is 5.03. The number of nitrogens with zero attached hydrogens (tertiary/aromatic N) is 4. The van der Waals surface area contributed by atoms with Crippen LogP contribution in [0.4, 0.5) is 10.2 Å². The lowest BCUT2D eigenvalue weighted by molar-refractivity contribution is -0.160. The molecule has 0 saturated carbocycles. The fourth-order valence-electron chi connectivity index (χ4n) is 3.39. The molecule has 0 radical (unpaired) electrons. The number of ether oxygens (including phenoxy) is 1. The van der Waals surface area contributed by atoms with E-state index in [9.17, 15) is 14.0 Å². The summed E-state index contributed by atoms with van der Waals surface area (Å²) in [5, 5.41) is 3.85. The highest BCUT2D eigenvalue weighted by atomic mass is 19.1. The van der Waals surface area contributed by atoms with E-state index in [2.05, 4.69) is 15.0 Å². The number of anilines is 1. The Morgan fingerprint density at radius 3 is 2.70 bits per heavy atom. The topological polar surface area (TPSA) is 84.3 Å². The maximum Gasteiger partial charge on any atom is 0.351 e. The summed E-state index contributed by atoms with van der Waals surface area (Å²) in [6, 6.07) is 11.6. The summed E-state index contributed by atoms with van der Waals surface area (Å²) in [5.41, 5.74) is 1.01. The van der Waals surface area contributed by atoms with Crippen molar-refractivity contribution in [3.8, 4) is 0 Å². The third kappa shape index (κ3) is 4.56. The highest BCUT2D eigenvalue weighted by Crippen LogP contribution is 2.19. The molecule has 8 nitrogen and oxygen atoms in total. The van der Waals surface area contributed by atoms with Gasteiger partial charge in [0.1, 0.15) is 11.6 Å². The van der Waals surface area contributed by atoms with E-state index in [4.69, 9.17) is 9.57 Å². The molecule has 2 aliphatic heterocycles. The molecule has 30 heavy (non-hydrogen) atoms. The number of carbonyl (C=O) groups is 2. The van der Waals surface area contributed by atoms with Gasteiger partial charge in [-0.25, -0.2) is 14.2 Å². The molecule has 2 aromatic rings. The van der Waals surface area contributed by atoms with Crippen LogP contribution in [0.2, 0.25) is 0 Å². The lowest BCUT2D eigenvalue weighted by atomic mass is 10.1. The number of hydrogen-bond donors (Lipinski definition) is 0. The Morgan fingerprint density at radius 1 is 1.13 bits per heavy atom. The van der Waals surface area contributed by atoms with Crippen molar-refractivity contribution in [3.05, 3.63) is 60.0 Å². The second kappa shape index (κ2) is 8.89. The Kier molecular flexibility index (Phi) is 5.87. The molecule has 1 aromatic heterocycles. The molecular weight excluding hydrogens is 391 g/mol. The van der Waals surface area contributed by atoms with Crippen molar-refractivity contribution < 1.29 is 23.6 Å². The summed E-state index contributed by atoms with van der Waals surface area (Å²) in [6.45, 7) is 2.03. The molecule has 0 N–H and O–H groups in total. The zero-order valence-corrected chi connectivity index (χ0v) is 16.2.